The molecular formula is C15H17NO3S. The zero-order chi connectivity index (χ0) is 14.1. The van der Waals surface area contributed by atoms with Gasteiger partial charge in [0.15, 0.2) is 0 Å². The number of nitrogens with zero attached hydrogens (tertiary/aromatic N) is 1. The van der Waals surface area contributed by atoms with Crippen LogP contribution in [0.3, 0.4) is 0 Å². The van der Waals surface area contributed by atoms with E-state index in [0.717, 1.165) is 29.8 Å². The number of thioether (sulfide) groups is 1. The van der Waals surface area contributed by atoms with Crippen LogP contribution >= 0.6 is 11.8 Å². The molecule has 0 aliphatic carbocycles. The number of carboxylic acid groups (broad SMARTS) is 1. The van der Waals surface area contributed by atoms with E-state index in [2.05, 4.69) is 0 Å². The first-order chi connectivity index (χ1) is 9.68. The van der Waals surface area contributed by atoms with Crippen molar-refractivity contribution < 1.29 is 14.7 Å². The van der Waals surface area contributed by atoms with Crippen LogP contribution in [0.2, 0.25) is 0 Å². The molecule has 0 radical (unpaired) electrons. The van der Waals surface area contributed by atoms with Crippen molar-refractivity contribution >= 4 is 29.3 Å². The number of carbonyl (C=O) groups excluding carboxylic acids is 1. The number of hydrogen-bond donors (Lipinski definition) is 1. The minimum absolute atomic E-state index is 0.00986. The van der Waals surface area contributed by atoms with Crippen molar-refractivity contribution in [3.8, 4) is 0 Å². The standard InChI is InChI=1S/C15H17NO3S/c17-14(13-7-3-4-8-20-13)16-9-11(15(18)19)10-5-1-2-6-12(10)16/h1-2,5-6,11,13H,3-4,7-9H2,(H,18,19). The van der Waals surface area contributed by atoms with Gasteiger partial charge in [-0.1, -0.05) is 24.6 Å². The monoisotopic (exact) mass is 291 g/mol. The third-order valence-corrected chi connectivity index (χ3v) is 5.35. The third kappa shape index (κ3) is 2.30. The minimum atomic E-state index is -0.857. The van der Waals surface area contributed by atoms with Crippen molar-refractivity contribution in [1.29, 1.82) is 0 Å². The van der Waals surface area contributed by atoms with E-state index in [0.29, 0.717) is 0 Å². The molecule has 0 aromatic heterocycles. The number of fused-ring (bicyclic) bond motifs is 1. The van der Waals surface area contributed by atoms with Gasteiger partial charge in [-0.3, -0.25) is 9.59 Å². The highest BCUT2D eigenvalue weighted by Crippen LogP contribution is 2.38. The highest BCUT2D eigenvalue weighted by atomic mass is 32.2. The number of carboxylic acids is 1. The van der Waals surface area contributed by atoms with Crippen molar-refractivity contribution in [1.82, 2.24) is 0 Å². The summed E-state index contributed by atoms with van der Waals surface area (Å²) in [5, 5.41) is 9.32. The van der Waals surface area contributed by atoms with Gasteiger partial charge in [-0.2, -0.15) is 0 Å². The normalized spacial score (nSPS) is 25.3. The van der Waals surface area contributed by atoms with Gasteiger partial charge in [0.25, 0.3) is 0 Å². The Morgan fingerprint density at radius 2 is 2.05 bits per heavy atom. The minimum Gasteiger partial charge on any atom is -0.481 e. The summed E-state index contributed by atoms with van der Waals surface area (Å²) < 4.78 is 0. The van der Waals surface area contributed by atoms with Gasteiger partial charge in [0.2, 0.25) is 5.91 Å². The molecule has 1 amide bonds. The highest BCUT2D eigenvalue weighted by molar-refractivity contribution is 8.00. The van der Waals surface area contributed by atoms with E-state index in [1.54, 1.807) is 16.7 Å². The molecule has 0 spiro atoms. The van der Waals surface area contributed by atoms with Crippen LogP contribution in [0.15, 0.2) is 24.3 Å². The summed E-state index contributed by atoms with van der Waals surface area (Å²) in [6.07, 6.45) is 3.16. The van der Waals surface area contributed by atoms with E-state index in [1.165, 1.54) is 6.42 Å². The lowest BCUT2D eigenvalue weighted by Gasteiger charge is -2.26. The fraction of sp³-hybridized carbons (Fsp3) is 0.467. The average molecular weight is 291 g/mol. The fourth-order valence-electron chi connectivity index (χ4n) is 2.94. The van der Waals surface area contributed by atoms with Gasteiger partial charge in [0, 0.05) is 12.2 Å². The Balaban J connectivity index is 1.87. The molecule has 0 bridgehead atoms. The summed E-state index contributed by atoms with van der Waals surface area (Å²) in [4.78, 5) is 25.7. The lowest BCUT2D eigenvalue weighted by molar-refractivity contribution is -0.138. The number of amides is 1. The Labute approximate surface area is 122 Å². The lowest BCUT2D eigenvalue weighted by Crippen LogP contribution is -2.38. The smallest absolute Gasteiger partial charge is 0.312 e. The Morgan fingerprint density at radius 3 is 2.75 bits per heavy atom. The first-order valence-corrected chi connectivity index (χ1v) is 7.98. The first kappa shape index (κ1) is 13.5. The average Bonchev–Trinajstić information content (AvgIpc) is 2.87. The van der Waals surface area contributed by atoms with Crippen molar-refractivity contribution in [2.75, 3.05) is 17.2 Å². The van der Waals surface area contributed by atoms with Crippen LogP contribution in [0.5, 0.6) is 0 Å². The molecule has 4 nitrogen and oxygen atoms in total. The summed E-state index contributed by atoms with van der Waals surface area (Å²) in [7, 11) is 0. The Hall–Kier alpha value is -1.49. The number of benzene rings is 1. The van der Waals surface area contributed by atoms with Crippen molar-refractivity contribution in [2.24, 2.45) is 0 Å². The van der Waals surface area contributed by atoms with Crippen LogP contribution in [0.25, 0.3) is 0 Å². The van der Waals surface area contributed by atoms with Gasteiger partial charge in [0.1, 0.15) is 5.92 Å². The van der Waals surface area contributed by atoms with E-state index >= 15 is 0 Å². The Morgan fingerprint density at radius 1 is 1.25 bits per heavy atom. The molecule has 2 atom stereocenters. The Kier molecular flexibility index (Phi) is 3.70. The van der Waals surface area contributed by atoms with E-state index in [9.17, 15) is 14.7 Å². The molecule has 20 heavy (non-hydrogen) atoms. The molecule has 2 heterocycles. The number of anilines is 1. The molecule has 1 aromatic rings. The van der Waals surface area contributed by atoms with E-state index in [1.807, 2.05) is 24.3 Å². The van der Waals surface area contributed by atoms with E-state index in [-0.39, 0.29) is 17.7 Å². The van der Waals surface area contributed by atoms with Crippen molar-refractivity contribution in [2.45, 2.75) is 30.4 Å². The number of hydrogen-bond acceptors (Lipinski definition) is 3. The fourth-order valence-corrected chi connectivity index (χ4v) is 4.19. The predicted molar refractivity (Wildman–Crippen MR) is 79.3 cm³/mol. The first-order valence-electron chi connectivity index (χ1n) is 6.93. The van der Waals surface area contributed by atoms with Crippen LogP contribution in [0.4, 0.5) is 5.69 Å². The maximum absolute atomic E-state index is 12.6. The van der Waals surface area contributed by atoms with Crippen molar-refractivity contribution in [3.05, 3.63) is 29.8 Å². The lowest BCUT2D eigenvalue weighted by atomic mass is 10.0. The molecule has 1 saturated heterocycles. The molecule has 2 aliphatic rings. The van der Waals surface area contributed by atoms with Gasteiger partial charge in [-0.25, -0.2) is 0 Å². The third-order valence-electron chi connectivity index (χ3n) is 3.99. The zero-order valence-electron chi connectivity index (χ0n) is 11.1. The number of carbonyl (C=O) groups is 2. The second-order valence-corrected chi connectivity index (χ2v) is 6.56. The summed E-state index contributed by atoms with van der Waals surface area (Å²) in [5.41, 5.74) is 1.53. The molecule has 5 heteroatoms. The van der Waals surface area contributed by atoms with Gasteiger partial charge in [-0.05, 0) is 30.2 Å². The van der Waals surface area contributed by atoms with E-state index < -0.39 is 11.9 Å². The molecule has 2 aliphatic heterocycles. The van der Waals surface area contributed by atoms with Crippen LogP contribution in [-0.4, -0.2) is 34.5 Å². The zero-order valence-corrected chi connectivity index (χ0v) is 11.9. The Bertz CT molecular complexity index is 540. The maximum Gasteiger partial charge on any atom is 0.312 e. The largest absolute Gasteiger partial charge is 0.481 e. The molecule has 1 fully saturated rings. The molecule has 2 unspecified atom stereocenters. The molecule has 1 aromatic carbocycles. The van der Waals surface area contributed by atoms with Crippen LogP contribution in [-0.2, 0) is 9.59 Å². The van der Waals surface area contributed by atoms with Crippen LogP contribution < -0.4 is 4.90 Å². The quantitative estimate of drug-likeness (QED) is 0.909. The molecular weight excluding hydrogens is 274 g/mol. The molecule has 1 N–H and O–H groups in total. The summed E-state index contributed by atoms with van der Waals surface area (Å²) in [6.45, 7) is 0.268. The van der Waals surface area contributed by atoms with E-state index in [4.69, 9.17) is 0 Å². The summed E-state index contributed by atoms with van der Waals surface area (Å²) in [6, 6.07) is 7.36. The van der Waals surface area contributed by atoms with Gasteiger partial charge in [0.05, 0.1) is 5.25 Å². The second-order valence-electron chi connectivity index (χ2n) is 5.25. The number of para-hydroxylation sites is 1. The highest BCUT2D eigenvalue weighted by Gasteiger charge is 2.38. The predicted octanol–water partition coefficient (Wildman–Crippen LogP) is 2.49. The second kappa shape index (κ2) is 5.48. The maximum atomic E-state index is 12.6. The molecule has 106 valence electrons. The summed E-state index contributed by atoms with van der Waals surface area (Å²) >= 11 is 1.70. The topological polar surface area (TPSA) is 57.6 Å². The molecule has 3 rings (SSSR count). The van der Waals surface area contributed by atoms with Gasteiger partial charge in [-0.15, -0.1) is 11.8 Å². The molecule has 0 saturated carbocycles. The van der Waals surface area contributed by atoms with Crippen LogP contribution in [0, 0.1) is 0 Å². The SMILES string of the molecule is O=C(O)C1CN(C(=O)C2CCCCS2)c2ccccc21. The number of rotatable bonds is 2. The summed E-state index contributed by atoms with van der Waals surface area (Å²) in [5.74, 6) is -0.354. The van der Waals surface area contributed by atoms with Gasteiger partial charge >= 0.3 is 5.97 Å². The number of aliphatic carboxylic acids is 1. The van der Waals surface area contributed by atoms with Gasteiger partial charge < -0.3 is 10.0 Å². The van der Waals surface area contributed by atoms with Crippen molar-refractivity contribution in [3.63, 3.8) is 0 Å². The van der Waals surface area contributed by atoms with Crippen LogP contribution in [0.1, 0.15) is 30.7 Å².